The molecule has 3 N–H and O–H groups in total. The van der Waals surface area contributed by atoms with Gasteiger partial charge in [-0.05, 0) is 19.8 Å². The number of nitrogens with two attached hydrogens (primary N) is 1. The number of aromatic nitrogens is 2. The molecule has 0 aromatic carbocycles. The molecule has 1 aromatic heterocycles. The molecule has 0 spiro atoms. The molecule has 4 nitrogen and oxygen atoms in total. The monoisotopic (exact) mass is 240 g/mol. The van der Waals surface area contributed by atoms with E-state index in [2.05, 4.69) is 22.4 Å². The Morgan fingerprint density at radius 3 is 2.50 bits per heavy atom. The quantitative estimate of drug-likeness (QED) is 0.797. The minimum Gasteiger partial charge on any atom is -0.374 e. The Balaban J connectivity index is 1.88. The largest absolute Gasteiger partial charge is 0.374 e. The zero-order valence-corrected chi connectivity index (χ0v) is 10.6. The molecule has 0 amide bonds. The van der Waals surface area contributed by atoms with Crippen molar-refractivity contribution in [3.8, 4) is 0 Å². The van der Waals surface area contributed by atoms with Crippen LogP contribution >= 0.6 is 11.3 Å². The average molecular weight is 240 g/mol. The third kappa shape index (κ3) is 3.15. The van der Waals surface area contributed by atoms with Crippen LogP contribution < -0.4 is 11.1 Å². The molecule has 2 rings (SSSR count). The summed E-state index contributed by atoms with van der Waals surface area (Å²) in [6.07, 6.45) is 8.05. The second kappa shape index (κ2) is 5.59. The number of hydrogen-bond acceptors (Lipinski definition) is 5. The number of anilines is 1. The van der Waals surface area contributed by atoms with Gasteiger partial charge in [0.25, 0.3) is 0 Å². The highest BCUT2D eigenvalue weighted by Gasteiger charge is 2.17. The highest BCUT2D eigenvalue weighted by Crippen LogP contribution is 2.23. The number of rotatable bonds is 3. The smallest absolute Gasteiger partial charge is 0.203 e. The van der Waals surface area contributed by atoms with Crippen LogP contribution in [-0.2, 0) is 0 Å². The van der Waals surface area contributed by atoms with Crippen molar-refractivity contribution in [2.24, 2.45) is 0 Å². The molecule has 5 heteroatoms. The Morgan fingerprint density at radius 1 is 1.25 bits per heavy atom. The van der Waals surface area contributed by atoms with Gasteiger partial charge in [0.05, 0.1) is 6.04 Å². The maximum atomic E-state index is 5.59. The van der Waals surface area contributed by atoms with E-state index in [-0.39, 0.29) is 6.04 Å². The molecule has 0 unspecified atom stereocenters. The van der Waals surface area contributed by atoms with Gasteiger partial charge in [-0.15, -0.1) is 10.2 Å². The third-order valence-corrected chi connectivity index (χ3v) is 4.10. The molecule has 0 saturated heterocycles. The van der Waals surface area contributed by atoms with Crippen LogP contribution in [-0.4, -0.2) is 16.2 Å². The van der Waals surface area contributed by atoms with Crippen LogP contribution in [0.2, 0.25) is 0 Å². The standard InChI is InChI=1S/C11H20N4S/c1-8(10-14-15-11(12)16-10)13-9-6-4-2-3-5-7-9/h8-9,13H,2-7H2,1H3,(H2,12,15)/t8-/m0/s1. The summed E-state index contributed by atoms with van der Waals surface area (Å²) >= 11 is 1.48. The van der Waals surface area contributed by atoms with Crippen molar-refractivity contribution in [3.63, 3.8) is 0 Å². The SMILES string of the molecule is C[C@H](NC1CCCCCC1)c1nnc(N)s1. The van der Waals surface area contributed by atoms with Crippen molar-refractivity contribution >= 4 is 16.5 Å². The van der Waals surface area contributed by atoms with Crippen LogP contribution in [0.3, 0.4) is 0 Å². The minimum absolute atomic E-state index is 0.276. The first-order valence-electron chi connectivity index (χ1n) is 6.10. The van der Waals surface area contributed by atoms with Crippen LogP contribution in [0.5, 0.6) is 0 Å². The number of nitrogens with zero attached hydrogens (tertiary/aromatic N) is 2. The van der Waals surface area contributed by atoms with Gasteiger partial charge in [0.1, 0.15) is 5.01 Å². The van der Waals surface area contributed by atoms with Crippen LogP contribution in [0.15, 0.2) is 0 Å². The van der Waals surface area contributed by atoms with E-state index in [4.69, 9.17) is 5.73 Å². The van der Waals surface area contributed by atoms with Gasteiger partial charge < -0.3 is 11.1 Å². The first-order chi connectivity index (χ1) is 7.75. The van der Waals surface area contributed by atoms with E-state index >= 15 is 0 Å². The summed E-state index contributed by atoms with van der Waals surface area (Å²) in [6.45, 7) is 2.14. The topological polar surface area (TPSA) is 63.8 Å². The fraction of sp³-hybridized carbons (Fsp3) is 0.818. The molecular formula is C11H20N4S. The number of hydrogen-bond donors (Lipinski definition) is 2. The molecule has 0 aliphatic heterocycles. The second-order valence-electron chi connectivity index (χ2n) is 4.56. The lowest BCUT2D eigenvalue weighted by atomic mass is 10.1. The average Bonchev–Trinajstić information content (AvgIpc) is 2.54. The van der Waals surface area contributed by atoms with E-state index in [9.17, 15) is 0 Å². The third-order valence-electron chi connectivity index (χ3n) is 3.17. The van der Waals surface area contributed by atoms with Gasteiger partial charge in [0.15, 0.2) is 0 Å². The molecule has 1 heterocycles. The zero-order valence-electron chi connectivity index (χ0n) is 9.78. The van der Waals surface area contributed by atoms with E-state index in [1.807, 2.05) is 0 Å². The molecular weight excluding hydrogens is 220 g/mol. The highest BCUT2D eigenvalue weighted by atomic mass is 32.1. The summed E-state index contributed by atoms with van der Waals surface area (Å²) < 4.78 is 0. The summed E-state index contributed by atoms with van der Waals surface area (Å²) in [5.74, 6) is 0. The van der Waals surface area contributed by atoms with Crippen LogP contribution in [0.4, 0.5) is 5.13 Å². The highest BCUT2D eigenvalue weighted by molar-refractivity contribution is 7.15. The molecule has 16 heavy (non-hydrogen) atoms. The number of nitrogen functional groups attached to an aromatic ring is 1. The maximum absolute atomic E-state index is 5.59. The molecule has 90 valence electrons. The lowest BCUT2D eigenvalue weighted by molar-refractivity contribution is 0.412. The van der Waals surface area contributed by atoms with Crippen molar-refractivity contribution in [2.75, 3.05) is 5.73 Å². The van der Waals surface area contributed by atoms with Gasteiger partial charge in [0.2, 0.25) is 5.13 Å². The van der Waals surface area contributed by atoms with Crippen molar-refractivity contribution in [1.29, 1.82) is 0 Å². The van der Waals surface area contributed by atoms with Gasteiger partial charge in [-0.1, -0.05) is 37.0 Å². The van der Waals surface area contributed by atoms with E-state index in [0.29, 0.717) is 11.2 Å². The Bertz CT molecular complexity index is 318. The predicted molar refractivity (Wildman–Crippen MR) is 67.4 cm³/mol. The molecule has 1 aliphatic carbocycles. The first-order valence-corrected chi connectivity index (χ1v) is 6.92. The second-order valence-corrected chi connectivity index (χ2v) is 5.60. The predicted octanol–water partition coefficient (Wildman–Crippen LogP) is 2.49. The molecule has 1 saturated carbocycles. The summed E-state index contributed by atoms with van der Waals surface area (Å²) in [5.41, 5.74) is 5.59. The lowest BCUT2D eigenvalue weighted by Gasteiger charge is -2.20. The van der Waals surface area contributed by atoms with Gasteiger partial charge in [-0.2, -0.15) is 0 Å². The zero-order chi connectivity index (χ0) is 11.4. The molecule has 1 aliphatic rings. The molecule has 1 atom stereocenters. The molecule has 1 aromatic rings. The fourth-order valence-electron chi connectivity index (χ4n) is 2.29. The molecule has 0 radical (unpaired) electrons. The molecule has 1 fully saturated rings. The van der Waals surface area contributed by atoms with Crippen LogP contribution in [0.25, 0.3) is 0 Å². The van der Waals surface area contributed by atoms with Crippen molar-refractivity contribution in [2.45, 2.75) is 57.5 Å². The van der Waals surface area contributed by atoms with Gasteiger partial charge >= 0.3 is 0 Å². The van der Waals surface area contributed by atoms with E-state index in [0.717, 1.165) is 5.01 Å². The summed E-state index contributed by atoms with van der Waals surface area (Å²) in [4.78, 5) is 0. The van der Waals surface area contributed by atoms with Crippen molar-refractivity contribution in [1.82, 2.24) is 15.5 Å². The normalized spacial score (nSPS) is 20.6. The van der Waals surface area contributed by atoms with Gasteiger partial charge in [-0.3, -0.25) is 0 Å². The summed E-state index contributed by atoms with van der Waals surface area (Å²) in [5, 5.41) is 13.1. The lowest BCUT2D eigenvalue weighted by Crippen LogP contribution is -2.31. The van der Waals surface area contributed by atoms with E-state index in [1.54, 1.807) is 0 Å². The summed E-state index contributed by atoms with van der Waals surface area (Å²) in [7, 11) is 0. The van der Waals surface area contributed by atoms with Gasteiger partial charge in [-0.25, -0.2) is 0 Å². The van der Waals surface area contributed by atoms with Crippen molar-refractivity contribution < 1.29 is 0 Å². The fourth-order valence-corrected chi connectivity index (χ4v) is 2.91. The van der Waals surface area contributed by atoms with E-state index < -0.39 is 0 Å². The van der Waals surface area contributed by atoms with Crippen LogP contribution in [0, 0.1) is 0 Å². The van der Waals surface area contributed by atoms with Crippen LogP contribution in [0.1, 0.15) is 56.5 Å². The first kappa shape index (κ1) is 11.8. The Hall–Kier alpha value is -0.680. The van der Waals surface area contributed by atoms with Gasteiger partial charge in [0, 0.05) is 6.04 Å². The Kier molecular flexibility index (Phi) is 4.12. The maximum Gasteiger partial charge on any atom is 0.203 e. The Morgan fingerprint density at radius 2 is 1.94 bits per heavy atom. The minimum atomic E-state index is 0.276. The summed E-state index contributed by atoms with van der Waals surface area (Å²) in [6, 6.07) is 0.917. The number of nitrogens with one attached hydrogen (secondary N) is 1. The van der Waals surface area contributed by atoms with Crippen molar-refractivity contribution in [3.05, 3.63) is 5.01 Å². The Labute approximate surface area is 101 Å². The van der Waals surface area contributed by atoms with E-state index in [1.165, 1.54) is 49.9 Å². The molecule has 0 bridgehead atoms.